The summed E-state index contributed by atoms with van der Waals surface area (Å²) in [6.07, 6.45) is 1.42. The minimum atomic E-state index is -0.257. The molecule has 1 amide bonds. The number of hydrogen-bond donors (Lipinski definition) is 3. The lowest BCUT2D eigenvalue weighted by Gasteiger charge is -2.22. The third-order valence-corrected chi connectivity index (χ3v) is 3.53. The Balaban J connectivity index is 2.10. The van der Waals surface area contributed by atoms with Gasteiger partial charge in [-0.15, -0.1) is 0 Å². The standard InChI is InChI=1S/C16H22N6O/c1-4-22(5-2)15-13(17)14(18-10-19-15)20-21-16(23)12-8-6-11(3)7-9-12/h6-10H,4-5,17H2,1-3H3,(H,21,23)(H,18,19,20). The zero-order valence-corrected chi connectivity index (χ0v) is 13.6. The number of hydrogen-bond acceptors (Lipinski definition) is 6. The lowest BCUT2D eigenvalue weighted by Crippen LogP contribution is -2.31. The van der Waals surface area contributed by atoms with Crippen molar-refractivity contribution in [1.29, 1.82) is 0 Å². The number of hydrazine groups is 1. The summed E-state index contributed by atoms with van der Waals surface area (Å²) in [5.41, 5.74) is 13.5. The minimum Gasteiger partial charge on any atom is -0.393 e. The largest absolute Gasteiger partial charge is 0.393 e. The van der Waals surface area contributed by atoms with E-state index in [1.54, 1.807) is 12.1 Å². The molecule has 0 saturated heterocycles. The summed E-state index contributed by atoms with van der Waals surface area (Å²) >= 11 is 0. The molecule has 7 heteroatoms. The van der Waals surface area contributed by atoms with Gasteiger partial charge in [-0.05, 0) is 32.9 Å². The Morgan fingerprint density at radius 1 is 1.17 bits per heavy atom. The number of nitrogen functional groups attached to an aromatic ring is 1. The summed E-state index contributed by atoms with van der Waals surface area (Å²) in [4.78, 5) is 22.4. The van der Waals surface area contributed by atoms with Gasteiger partial charge < -0.3 is 10.6 Å². The highest BCUT2D eigenvalue weighted by Gasteiger charge is 2.13. The van der Waals surface area contributed by atoms with E-state index in [4.69, 9.17) is 5.73 Å². The van der Waals surface area contributed by atoms with Crippen LogP contribution in [0.1, 0.15) is 29.8 Å². The van der Waals surface area contributed by atoms with Crippen LogP contribution >= 0.6 is 0 Å². The van der Waals surface area contributed by atoms with Gasteiger partial charge in [0.1, 0.15) is 12.0 Å². The topological polar surface area (TPSA) is 96.2 Å². The van der Waals surface area contributed by atoms with Gasteiger partial charge in [-0.25, -0.2) is 9.97 Å². The molecule has 0 saturated carbocycles. The first kappa shape index (κ1) is 16.5. The van der Waals surface area contributed by atoms with Gasteiger partial charge in [0.05, 0.1) is 0 Å². The number of aromatic nitrogens is 2. The van der Waals surface area contributed by atoms with Crippen molar-refractivity contribution in [3.63, 3.8) is 0 Å². The molecule has 0 unspecified atom stereocenters. The van der Waals surface area contributed by atoms with Crippen LogP contribution in [0.25, 0.3) is 0 Å². The van der Waals surface area contributed by atoms with Crippen molar-refractivity contribution in [3.05, 3.63) is 41.7 Å². The van der Waals surface area contributed by atoms with Crippen LogP contribution in [0.4, 0.5) is 17.3 Å². The monoisotopic (exact) mass is 314 g/mol. The molecule has 4 N–H and O–H groups in total. The third kappa shape index (κ3) is 3.88. The van der Waals surface area contributed by atoms with E-state index < -0.39 is 0 Å². The molecular weight excluding hydrogens is 292 g/mol. The van der Waals surface area contributed by atoms with Crippen molar-refractivity contribution in [2.45, 2.75) is 20.8 Å². The predicted molar refractivity (Wildman–Crippen MR) is 92.3 cm³/mol. The number of carbonyl (C=O) groups excluding carboxylic acids is 1. The molecule has 1 aromatic heterocycles. The molecule has 0 spiro atoms. The van der Waals surface area contributed by atoms with E-state index in [1.807, 2.05) is 37.8 Å². The van der Waals surface area contributed by atoms with Crippen molar-refractivity contribution in [3.8, 4) is 0 Å². The summed E-state index contributed by atoms with van der Waals surface area (Å²) in [7, 11) is 0. The van der Waals surface area contributed by atoms with Gasteiger partial charge in [0, 0.05) is 18.7 Å². The molecule has 0 fully saturated rings. The molecule has 0 aliphatic heterocycles. The quantitative estimate of drug-likeness (QED) is 0.706. The normalized spacial score (nSPS) is 10.2. The molecule has 23 heavy (non-hydrogen) atoms. The van der Waals surface area contributed by atoms with E-state index in [9.17, 15) is 4.79 Å². The summed E-state index contributed by atoms with van der Waals surface area (Å²) in [5.74, 6) is 0.770. The van der Waals surface area contributed by atoms with E-state index >= 15 is 0 Å². The molecule has 2 aromatic rings. The van der Waals surface area contributed by atoms with Gasteiger partial charge in [0.2, 0.25) is 0 Å². The summed E-state index contributed by atoms with van der Waals surface area (Å²) < 4.78 is 0. The maximum absolute atomic E-state index is 12.1. The molecule has 0 aliphatic carbocycles. The summed E-state index contributed by atoms with van der Waals surface area (Å²) in [5, 5.41) is 0. The second kappa shape index (κ2) is 7.44. The van der Waals surface area contributed by atoms with E-state index in [0.29, 0.717) is 22.9 Å². The molecule has 1 aromatic carbocycles. The van der Waals surface area contributed by atoms with Crippen LogP contribution in [0, 0.1) is 6.92 Å². The Morgan fingerprint density at radius 2 is 1.83 bits per heavy atom. The Morgan fingerprint density at radius 3 is 2.43 bits per heavy atom. The average molecular weight is 314 g/mol. The lowest BCUT2D eigenvalue weighted by atomic mass is 10.1. The SMILES string of the molecule is CCN(CC)c1ncnc(NNC(=O)c2ccc(C)cc2)c1N. The number of nitrogens with one attached hydrogen (secondary N) is 2. The molecule has 2 rings (SSSR count). The second-order valence-corrected chi connectivity index (χ2v) is 5.08. The fourth-order valence-corrected chi connectivity index (χ4v) is 2.15. The van der Waals surface area contributed by atoms with Crippen LogP contribution in [0.3, 0.4) is 0 Å². The van der Waals surface area contributed by atoms with Crippen LogP contribution in [0.5, 0.6) is 0 Å². The number of nitrogens with zero attached hydrogens (tertiary/aromatic N) is 3. The Bertz CT molecular complexity index is 667. The lowest BCUT2D eigenvalue weighted by molar-refractivity contribution is 0.0962. The number of aryl methyl sites for hydroxylation is 1. The van der Waals surface area contributed by atoms with Crippen molar-refractivity contribution in [1.82, 2.24) is 15.4 Å². The number of rotatable bonds is 6. The van der Waals surface area contributed by atoms with E-state index in [-0.39, 0.29) is 5.91 Å². The second-order valence-electron chi connectivity index (χ2n) is 5.08. The number of nitrogens with two attached hydrogens (primary N) is 1. The van der Waals surface area contributed by atoms with E-state index in [2.05, 4.69) is 20.8 Å². The summed E-state index contributed by atoms with van der Waals surface area (Å²) in [6.45, 7) is 7.59. The van der Waals surface area contributed by atoms with Crippen molar-refractivity contribution < 1.29 is 4.79 Å². The molecule has 122 valence electrons. The smallest absolute Gasteiger partial charge is 0.269 e. The maximum atomic E-state index is 12.1. The van der Waals surface area contributed by atoms with Crippen LogP contribution in [-0.2, 0) is 0 Å². The molecule has 7 nitrogen and oxygen atoms in total. The van der Waals surface area contributed by atoms with Gasteiger partial charge in [-0.2, -0.15) is 0 Å². The maximum Gasteiger partial charge on any atom is 0.269 e. The van der Waals surface area contributed by atoms with Crippen molar-refractivity contribution in [2.24, 2.45) is 0 Å². The Labute approximate surface area is 135 Å². The molecule has 1 heterocycles. The van der Waals surface area contributed by atoms with E-state index in [0.717, 1.165) is 18.7 Å². The van der Waals surface area contributed by atoms with Gasteiger partial charge in [-0.1, -0.05) is 17.7 Å². The molecule has 0 radical (unpaired) electrons. The Hall–Kier alpha value is -2.83. The average Bonchev–Trinajstić information content (AvgIpc) is 2.56. The zero-order chi connectivity index (χ0) is 16.8. The van der Waals surface area contributed by atoms with Gasteiger partial charge >= 0.3 is 0 Å². The number of anilines is 3. The van der Waals surface area contributed by atoms with Crippen LogP contribution in [0.15, 0.2) is 30.6 Å². The minimum absolute atomic E-state index is 0.257. The highest BCUT2D eigenvalue weighted by molar-refractivity contribution is 5.95. The first-order chi connectivity index (χ1) is 11.1. The highest BCUT2D eigenvalue weighted by atomic mass is 16.2. The zero-order valence-electron chi connectivity index (χ0n) is 13.6. The van der Waals surface area contributed by atoms with Crippen LogP contribution in [0.2, 0.25) is 0 Å². The fourth-order valence-electron chi connectivity index (χ4n) is 2.15. The fraction of sp³-hybridized carbons (Fsp3) is 0.312. The molecule has 0 aliphatic rings. The number of carbonyl (C=O) groups is 1. The van der Waals surface area contributed by atoms with Gasteiger partial charge in [0.15, 0.2) is 11.6 Å². The van der Waals surface area contributed by atoms with Crippen molar-refractivity contribution in [2.75, 3.05) is 29.1 Å². The third-order valence-electron chi connectivity index (χ3n) is 3.53. The first-order valence-corrected chi connectivity index (χ1v) is 7.55. The Kier molecular flexibility index (Phi) is 5.35. The van der Waals surface area contributed by atoms with E-state index in [1.165, 1.54) is 6.33 Å². The predicted octanol–water partition coefficient (Wildman–Crippen LogP) is 1.97. The van der Waals surface area contributed by atoms with Crippen LogP contribution in [-0.4, -0.2) is 29.0 Å². The highest BCUT2D eigenvalue weighted by Crippen LogP contribution is 2.25. The number of benzene rings is 1. The molecule has 0 bridgehead atoms. The van der Waals surface area contributed by atoms with Gasteiger partial charge in [-0.3, -0.25) is 15.6 Å². The summed E-state index contributed by atoms with van der Waals surface area (Å²) in [6, 6.07) is 7.28. The van der Waals surface area contributed by atoms with Gasteiger partial charge in [0.25, 0.3) is 5.91 Å². The number of amides is 1. The van der Waals surface area contributed by atoms with Crippen molar-refractivity contribution >= 4 is 23.2 Å². The first-order valence-electron chi connectivity index (χ1n) is 7.55. The molecule has 0 atom stereocenters. The van der Waals surface area contributed by atoms with Crippen LogP contribution < -0.4 is 21.5 Å². The molecular formula is C16H22N6O.